The zero-order valence-electron chi connectivity index (χ0n) is 11.5. The van der Waals surface area contributed by atoms with Gasteiger partial charge in [-0.15, -0.1) is 0 Å². The maximum atomic E-state index is 10.7. The number of benzene rings is 1. The van der Waals surface area contributed by atoms with E-state index >= 15 is 0 Å². The zero-order valence-corrected chi connectivity index (χ0v) is 12.3. The lowest BCUT2D eigenvalue weighted by Crippen LogP contribution is -2.29. The number of rotatable bonds is 5. The number of fused-ring (bicyclic) bond motifs is 1. The molecule has 0 unspecified atom stereocenters. The van der Waals surface area contributed by atoms with Crippen LogP contribution in [0, 0.1) is 0 Å². The highest BCUT2D eigenvalue weighted by Crippen LogP contribution is 2.40. The van der Waals surface area contributed by atoms with Crippen molar-refractivity contribution in [1.29, 1.82) is 0 Å². The average Bonchev–Trinajstić information content (AvgIpc) is 2.57. The zero-order chi connectivity index (χ0) is 14.1. The molecule has 5 heteroatoms. The first kappa shape index (κ1) is 14.3. The first-order valence-electron chi connectivity index (χ1n) is 6.59. The Labute approximate surface area is 115 Å². The Morgan fingerprint density at radius 1 is 1.26 bits per heavy atom. The lowest BCUT2D eigenvalue weighted by molar-refractivity contribution is 0.479. The number of hydrogen-bond acceptors (Lipinski definition) is 3. The molecular weight excluding hydrogens is 262 g/mol. The summed E-state index contributed by atoms with van der Waals surface area (Å²) >= 11 is 0. The minimum absolute atomic E-state index is 0.139. The Morgan fingerprint density at radius 2 is 1.95 bits per heavy atom. The molecule has 1 N–H and O–H groups in total. The lowest BCUT2D eigenvalue weighted by atomic mass is 9.87. The molecule has 0 aromatic heterocycles. The predicted molar refractivity (Wildman–Crippen MR) is 77.3 cm³/mol. The normalized spacial score (nSPS) is 17.5. The van der Waals surface area contributed by atoms with Crippen LogP contribution in [-0.2, 0) is 15.5 Å². The molecular formula is C14H21NO3S. The van der Waals surface area contributed by atoms with Crippen LogP contribution in [0.2, 0.25) is 0 Å². The first-order chi connectivity index (χ1) is 8.80. The molecule has 0 bridgehead atoms. The number of para-hydroxylation sites is 1. The van der Waals surface area contributed by atoms with E-state index in [1.54, 1.807) is 0 Å². The fourth-order valence-corrected chi connectivity index (χ4v) is 3.32. The van der Waals surface area contributed by atoms with Crippen molar-refractivity contribution in [2.45, 2.75) is 32.1 Å². The van der Waals surface area contributed by atoms with Crippen LogP contribution in [0.15, 0.2) is 24.3 Å². The van der Waals surface area contributed by atoms with Gasteiger partial charge in [-0.05, 0) is 24.5 Å². The van der Waals surface area contributed by atoms with Gasteiger partial charge in [-0.1, -0.05) is 32.0 Å². The van der Waals surface area contributed by atoms with Crippen LogP contribution < -0.4 is 4.90 Å². The summed E-state index contributed by atoms with van der Waals surface area (Å²) in [5, 5.41) is 0. The molecule has 2 rings (SSSR count). The Hall–Kier alpha value is -1.07. The largest absolute Gasteiger partial charge is 0.370 e. The van der Waals surface area contributed by atoms with E-state index in [2.05, 4.69) is 36.9 Å². The minimum atomic E-state index is -3.82. The maximum Gasteiger partial charge on any atom is 0.264 e. The summed E-state index contributed by atoms with van der Waals surface area (Å²) in [6.07, 6.45) is 1.27. The molecule has 0 amide bonds. The van der Waals surface area contributed by atoms with Gasteiger partial charge in [0.15, 0.2) is 0 Å². The fourth-order valence-electron chi connectivity index (χ4n) is 2.76. The van der Waals surface area contributed by atoms with Crippen molar-refractivity contribution in [3.8, 4) is 0 Å². The molecule has 19 heavy (non-hydrogen) atoms. The molecule has 1 aromatic rings. The standard InChI is InChI=1S/C14H21NO3S/c1-14(2)11-15(9-5-6-10-19(16,17)18)13-8-4-3-7-12(13)14/h3-4,7-8H,5-6,9-11H2,1-2H3,(H,16,17,18). The molecule has 0 atom stereocenters. The smallest absolute Gasteiger partial charge is 0.264 e. The van der Waals surface area contributed by atoms with Gasteiger partial charge in [0, 0.05) is 24.2 Å². The van der Waals surface area contributed by atoms with Gasteiger partial charge >= 0.3 is 0 Å². The van der Waals surface area contributed by atoms with Gasteiger partial charge in [0.1, 0.15) is 0 Å². The van der Waals surface area contributed by atoms with Gasteiger partial charge in [-0.2, -0.15) is 8.42 Å². The molecule has 1 aliphatic rings. The van der Waals surface area contributed by atoms with Crippen LogP contribution in [-0.4, -0.2) is 31.8 Å². The van der Waals surface area contributed by atoms with Gasteiger partial charge in [0.2, 0.25) is 0 Å². The van der Waals surface area contributed by atoms with E-state index in [0.29, 0.717) is 6.42 Å². The molecule has 1 aliphatic heterocycles. The molecule has 4 nitrogen and oxygen atoms in total. The molecule has 0 saturated carbocycles. The molecule has 0 spiro atoms. The number of anilines is 1. The van der Waals surface area contributed by atoms with Crippen molar-refractivity contribution in [3.05, 3.63) is 29.8 Å². The Balaban J connectivity index is 1.97. The third-order valence-corrected chi connectivity index (χ3v) is 4.44. The van der Waals surface area contributed by atoms with E-state index in [9.17, 15) is 8.42 Å². The van der Waals surface area contributed by atoms with Crippen LogP contribution in [0.1, 0.15) is 32.3 Å². The third-order valence-electron chi connectivity index (χ3n) is 3.64. The van der Waals surface area contributed by atoms with Crippen LogP contribution in [0.5, 0.6) is 0 Å². The first-order valence-corrected chi connectivity index (χ1v) is 8.20. The van der Waals surface area contributed by atoms with Crippen LogP contribution in [0.25, 0.3) is 0 Å². The second kappa shape index (κ2) is 5.13. The van der Waals surface area contributed by atoms with Crippen molar-refractivity contribution < 1.29 is 13.0 Å². The average molecular weight is 283 g/mol. The Bertz CT molecular complexity index is 552. The summed E-state index contributed by atoms with van der Waals surface area (Å²) in [6, 6.07) is 8.37. The van der Waals surface area contributed by atoms with E-state index in [-0.39, 0.29) is 11.2 Å². The third kappa shape index (κ3) is 3.48. The summed E-state index contributed by atoms with van der Waals surface area (Å²) in [5.74, 6) is -0.147. The second-order valence-corrected chi connectivity index (χ2v) is 7.39. The number of hydrogen-bond donors (Lipinski definition) is 1. The lowest BCUT2D eigenvalue weighted by Gasteiger charge is -2.22. The van der Waals surface area contributed by atoms with Crippen molar-refractivity contribution in [2.75, 3.05) is 23.7 Å². The predicted octanol–water partition coefficient (Wildman–Crippen LogP) is 2.45. The Kier molecular flexibility index (Phi) is 3.87. The quantitative estimate of drug-likeness (QED) is 0.666. The van der Waals surface area contributed by atoms with Crippen molar-refractivity contribution >= 4 is 15.8 Å². The second-order valence-electron chi connectivity index (χ2n) is 5.82. The van der Waals surface area contributed by atoms with Crippen molar-refractivity contribution in [1.82, 2.24) is 0 Å². The SMILES string of the molecule is CC1(C)CN(CCCCS(=O)(=O)O)c2ccccc21. The summed E-state index contributed by atoms with van der Waals surface area (Å²) in [6.45, 7) is 6.24. The van der Waals surface area contributed by atoms with Crippen LogP contribution in [0.3, 0.4) is 0 Å². The number of unbranched alkanes of at least 4 members (excludes halogenated alkanes) is 1. The van der Waals surface area contributed by atoms with Gasteiger partial charge in [0.25, 0.3) is 10.1 Å². The highest BCUT2D eigenvalue weighted by molar-refractivity contribution is 7.85. The van der Waals surface area contributed by atoms with E-state index in [1.807, 2.05) is 6.07 Å². The molecule has 1 heterocycles. The number of nitrogens with zero attached hydrogens (tertiary/aromatic N) is 1. The molecule has 106 valence electrons. The van der Waals surface area contributed by atoms with Gasteiger partial charge in [0.05, 0.1) is 5.75 Å². The molecule has 0 saturated heterocycles. The van der Waals surface area contributed by atoms with Crippen molar-refractivity contribution in [2.24, 2.45) is 0 Å². The van der Waals surface area contributed by atoms with Gasteiger partial charge in [-0.25, -0.2) is 0 Å². The topological polar surface area (TPSA) is 57.6 Å². The van der Waals surface area contributed by atoms with E-state index in [1.165, 1.54) is 11.3 Å². The van der Waals surface area contributed by atoms with Gasteiger partial charge in [-0.3, -0.25) is 4.55 Å². The molecule has 1 aromatic carbocycles. The Morgan fingerprint density at radius 3 is 2.63 bits per heavy atom. The summed E-state index contributed by atoms with van der Waals surface area (Å²) in [5.41, 5.74) is 2.74. The summed E-state index contributed by atoms with van der Waals surface area (Å²) in [4.78, 5) is 2.30. The minimum Gasteiger partial charge on any atom is -0.370 e. The molecule has 0 radical (unpaired) electrons. The summed E-state index contributed by atoms with van der Waals surface area (Å²) < 4.78 is 30.1. The molecule has 0 aliphatic carbocycles. The molecule has 0 fully saturated rings. The van der Waals surface area contributed by atoms with E-state index < -0.39 is 10.1 Å². The van der Waals surface area contributed by atoms with Gasteiger partial charge < -0.3 is 4.90 Å². The van der Waals surface area contributed by atoms with Crippen molar-refractivity contribution in [3.63, 3.8) is 0 Å². The van der Waals surface area contributed by atoms with E-state index in [4.69, 9.17) is 4.55 Å². The van der Waals surface area contributed by atoms with Crippen LogP contribution >= 0.6 is 0 Å². The summed E-state index contributed by atoms with van der Waals surface area (Å²) in [7, 11) is -3.82. The fraction of sp³-hybridized carbons (Fsp3) is 0.571. The maximum absolute atomic E-state index is 10.7. The van der Waals surface area contributed by atoms with E-state index in [0.717, 1.165) is 19.5 Å². The highest BCUT2D eigenvalue weighted by atomic mass is 32.2. The van der Waals surface area contributed by atoms with Crippen LogP contribution in [0.4, 0.5) is 5.69 Å². The highest BCUT2D eigenvalue weighted by Gasteiger charge is 2.34. The monoisotopic (exact) mass is 283 g/mol.